The van der Waals surface area contributed by atoms with E-state index in [9.17, 15) is 25.0 Å². The number of hydrogen-bond acceptors (Lipinski definition) is 7. The molecule has 9 nitrogen and oxygen atoms in total. The van der Waals surface area contributed by atoms with Crippen LogP contribution in [0.2, 0.25) is 0 Å². The Morgan fingerprint density at radius 3 is 2.43 bits per heavy atom. The number of esters is 1. The van der Waals surface area contributed by atoms with Gasteiger partial charge in [0.25, 0.3) is 11.4 Å². The molecule has 0 saturated heterocycles. The first-order valence-corrected chi connectivity index (χ1v) is 11.7. The quantitative estimate of drug-likeness (QED) is 0.175. The molecule has 0 unspecified atom stereocenters. The molecular formula is C28H21N3O6. The molecule has 9 heteroatoms. The van der Waals surface area contributed by atoms with E-state index in [1.807, 2.05) is 30.3 Å². The highest BCUT2D eigenvalue weighted by atomic mass is 16.6. The molecular weight excluding hydrogens is 474 g/mol. The number of non-ortho nitro benzene ring substituents is 2. The van der Waals surface area contributed by atoms with Crippen molar-refractivity contribution < 1.29 is 19.4 Å². The summed E-state index contributed by atoms with van der Waals surface area (Å²) in [6.07, 6.45) is 4.04. The van der Waals surface area contributed by atoms with Gasteiger partial charge in [-0.2, -0.15) is 0 Å². The van der Waals surface area contributed by atoms with Crippen molar-refractivity contribution in [3.05, 3.63) is 121 Å². The summed E-state index contributed by atoms with van der Waals surface area (Å²) in [4.78, 5) is 39.5. The van der Waals surface area contributed by atoms with E-state index >= 15 is 0 Å². The van der Waals surface area contributed by atoms with E-state index < -0.39 is 15.8 Å². The van der Waals surface area contributed by atoms with Gasteiger partial charge >= 0.3 is 5.97 Å². The molecule has 0 bridgehead atoms. The summed E-state index contributed by atoms with van der Waals surface area (Å²) >= 11 is 0. The predicted molar refractivity (Wildman–Crippen MR) is 138 cm³/mol. The van der Waals surface area contributed by atoms with Crippen molar-refractivity contribution in [2.24, 2.45) is 0 Å². The Morgan fingerprint density at radius 1 is 0.919 bits per heavy atom. The molecule has 0 spiro atoms. The van der Waals surface area contributed by atoms with Gasteiger partial charge in [-0.1, -0.05) is 30.3 Å². The first-order chi connectivity index (χ1) is 17.9. The highest BCUT2D eigenvalue weighted by Gasteiger charge is 2.26. The summed E-state index contributed by atoms with van der Waals surface area (Å²) in [5, 5.41) is 22.8. The molecule has 0 aliphatic heterocycles. The van der Waals surface area contributed by atoms with Crippen molar-refractivity contribution in [3.63, 3.8) is 0 Å². The summed E-state index contributed by atoms with van der Waals surface area (Å²) in [5.74, 6) is -0.496. The average Bonchev–Trinajstić information content (AvgIpc) is 2.91. The number of pyridine rings is 1. The first kappa shape index (κ1) is 23.8. The first-order valence-electron chi connectivity index (χ1n) is 11.7. The second-order valence-electron chi connectivity index (χ2n) is 8.71. The van der Waals surface area contributed by atoms with Gasteiger partial charge in [-0.15, -0.1) is 0 Å². The zero-order chi connectivity index (χ0) is 25.9. The number of carbonyl (C=O) groups is 1. The number of rotatable bonds is 6. The third-order valence-electron chi connectivity index (χ3n) is 6.31. The van der Waals surface area contributed by atoms with Crippen LogP contribution < -0.4 is 0 Å². The van der Waals surface area contributed by atoms with Crippen molar-refractivity contribution in [1.29, 1.82) is 0 Å². The van der Waals surface area contributed by atoms with E-state index in [-0.39, 0.29) is 18.0 Å². The third kappa shape index (κ3) is 4.92. The van der Waals surface area contributed by atoms with Crippen molar-refractivity contribution >= 4 is 39.9 Å². The second kappa shape index (κ2) is 9.98. The number of allylic oxidation sites excluding steroid dienone is 1. The molecule has 4 aromatic rings. The monoisotopic (exact) mass is 495 g/mol. The van der Waals surface area contributed by atoms with Gasteiger partial charge < -0.3 is 4.74 Å². The molecule has 37 heavy (non-hydrogen) atoms. The molecule has 1 heterocycles. The molecule has 0 saturated carbocycles. The largest absolute Gasteiger partial charge is 0.457 e. The summed E-state index contributed by atoms with van der Waals surface area (Å²) in [7, 11) is 0. The fourth-order valence-electron chi connectivity index (χ4n) is 4.57. The molecule has 0 fully saturated rings. The number of benzene rings is 3. The van der Waals surface area contributed by atoms with Crippen LogP contribution in [-0.4, -0.2) is 20.8 Å². The highest BCUT2D eigenvalue weighted by Crippen LogP contribution is 2.36. The van der Waals surface area contributed by atoms with Gasteiger partial charge in [-0.3, -0.25) is 20.2 Å². The normalized spacial score (nSPS) is 13.8. The van der Waals surface area contributed by atoms with Crippen molar-refractivity contribution in [2.45, 2.75) is 25.9 Å². The lowest BCUT2D eigenvalue weighted by Crippen LogP contribution is -2.15. The average molecular weight is 495 g/mol. The van der Waals surface area contributed by atoms with E-state index in [1.54, 1.807) is 24.3 Å². The van der Waals surface area contributed by atoms with Crippen LogP contribution in [0.15, 0.2) is 72.8 Å². The van der Waals surface area contributed by atoms with Crippen LogP contribution in [0, 0.1) is 20.2 Å². The maximum atomic E-state index is 13.4. The Labute approximate surface area is 211 Å². The number of ether oxygens (including phenoxy) is 1. The molecule has 0 atom stereocenters. The fourth-order valence-corrected chi connectivity index (χ4v) is 4.57. The molecule has 3 aromatic carbocycles. The zero-order valence-electron chi connectivity index (χ0n) is 19.6. The van der Waals surface area contributed by atoms with Gasteiger partial charge in [0, 0.05) is 29.7 Å². The number of carbonyl (C=O) groups excluding carboxylic acids is 1. The Kier molecular flexibility index (Phi) is 6.42. The minimum Gasteiger partial charge on any atom is -0.457 e. The molecule has 1 aromatic heterocycles. The Hall–Kier alpha value is -4.92. The summed E-state index contributed by atoms with van der Waals surface area (Å²) < 4.78 is 5.65. The maximum Gasteiger partial charge on any atom is 0.339 e. The summed E-state index contributed by atoms with van der Waals surface area (Å²) in [5.41, 5.74) is 4.78. The van der Waals surface area contributed by atoms with E-state index in [0.29, 0.717) is 39.7 Å². The lowest BCUT2D eigenvalue weighted by atomic mass is 9.86. The number of hydrogen-bond donors (Lipinski definition) is 0. The SMILES string of the molecule is O=C(OCc1ccc([N+](=O)[O-])cc1)c1c2c(nc3ccccc13)C(=Cc1cccc([N+](=O)[O-])c1)CCC2. The van der Waals surface area contributed by atoms with E-state index in [4.69, 9.17) is 9.72 Å². The van der Waals surface area contributed by atoms with Crippen LogP contribution in [0.5, 0.6) is 0 Å². The van der Waals surface area contributed by atoms with E-state index in [1.165, 1.54) is 24.3 Å². The Bertz CT molecular complexity index is 1580. The second-order valence-corrected chi connectivity index (χ2v) is 8.71. The minimum absolute atomic E-state index is 0.00682. The smallest absolute Gasteiger partial charge is 0.339 e. The van der Waals surface area contributed by atoms with Crippen LogP contribution in [0.3, 0.4) is 0 Å². The molecule has 5 rings (SSSR count). The maximum absolute atomic E-state index is 13.4. The fraction of sp³-hybridized carbons (Fsp3) is 0.143. The zero-order valence-corrected chi connectivity index (χ0v) is 19.6. The molecule has 0 N–H and O–H groups in total. The molecule has 1 aliphatic rings. The molecule has 1 aliphatic carbocycles. The molecule has 0 amide bonds. The topological polar surface area (TPSA) is 125 Å². The van der Waals surface area contributed by atoms with Gasteiger partial charge in [0.2, 0.25) is 0 Å². The Morgan fingerprint density at radius 2 is 1.68 bits per heavy atom. The van der Waals surface area contributed by atoms with Crippen molar-refractivity contribution in [1.82, 2.24) is 4.98 Å². The number of nitrogens with zero attached hydrogens (tertiary/aromatic N) is 3. The lowest BCUT2D eigenvalue weighted by molar-refractivity contribution is -0.385. The van der Waals surface area contributed by atoms with Gasteiger partial charge in [-0.25, -0.2) is 9.78 Å². The Balaban J connectivity index is 1.53. The van der Waals surface area contributed by atoms with E-state index in [0.717, 1.165) is 24.0 Å². The number of nitro groups is 2. The molecule has 0 radical (unpaired) electrons. The van der Waals surface area contributed by atoms with Crippen LogP contribution in [-0.2, 0) is 17.8 Å². The predicted octanol–water partition coefficient (Wildman–Crippen LogP) is 6.29. The number of nitro benzene ring substituents is 2. The van der Waals surface area contributed by atoms with Gasteiger partial charge in [-0.05, 0) is 65.8 Å². The highest BCUT2D eigenvalue weighted by molar-refractivity contribution is 6.06. The number of para-hydroxylation sites is 1. The lowest BCUT2D eigenvalue weighted by Gasteiger charge is -2.22. The van der Waals surface area contributed by atoms with Crippen LogP contribution >= 0.6 is 0 Å². The summed E-state index contributed by atoms with van der Waals surface area (Å²) in [6.45, 7) is -0.0291. The van der Waals surface area contributed by atoms with Crippen LogP contribution in [0.1, 0.15) is 45.6 Å². The van der Waals surface area contributed by atoms with Crippen LogP contribution in [0.4, 0.5) is 11.4 Å². The third-order valence-corrected chi connectivity index (χ3v) is 6.31. The van der Waals surface area contributed by atoms with Gasteiger partial charge in [0.05, 0.1) is 26.6 Å². The number of aromatic nitrogens is 1. The van der Waals surface area contributed by atoms with Crippen molar-refractivity contribution in [2.75, 3.05) is 0 Å². The van der Waals surface area contributed by atoms with Gasteiger partial charge in [0.15, 0.2) is 0 Å². The van der Waals surface area contributed by atoms with Gasteiger partial charge in [0.1, 0.15) is 6.61 Å². The summed E-state index contributed by atoms with van der Waals surface area (Å²) in [6, 6.07) is 19.6. The van der Waals surface area contributed by atoms with Crippen molar-refractivity contribution in [3.8, 4) is 0 Å². The minimum atomic E-state index is -0.496. The molecule has 184 valence electrons. The van der Waals surface area contributed by atoms with E-state index in [2.05, 4.69) is 0 Å². The number of fused-ring (bicyclic) bond motifs is 2. The van der Waals surface area contributed by atoms with Crippen LogP contribution in [0.25, 0.3) is 22.6 Å². The standard InChI is InChI=1S/C28H21N3O6/c32-28(37-17-18-11-13-21(14-12-18)30(33)34)26-23-8-1-2-10-25(23)29-27-20(6-4-9-24(26)27)15-19-5-3-7-22(16-19)31(35)36/h1-3,5,7-8,10-16H,4,6,9,17H2.